The summed E-state index contributed by atoms with van der Waals surface area (Å²) < 4.78 is 2.84. The minimum atomic E-state index is -0.353. The predicted octanol–water partition coefficient (Wildman–Crippen LogP) is 3.62. The number of rotatable bonds is 4. The highest BCUT2D eigenvalue weighted by Crippen LogP contribution is 2.13. The number of imidazole rings is 1. The first-order chi connectivity index (χ1) is 11.5. The van der Waals surface area contributed by atoms with E-state index in [4.69, 9.17) is 0 Å². The van der Waals surface area contributed by atoms with E-state index in [2.05, 4.69) is 31.5 Å². The molecule has 2 heterocycles. The Balaban J connectivity index is 1.62. The number of nitrogens with zero attached hydrogens (tertiary/aromatic N) is 2. The van der Waals surface area contributed by atoms with Crippen LogP contribution in [0.2, 0.25) is 0 Å². The van der Waals surface area contributed by atoms with E-state index in [1.165, 1.54) is 6.92 Å². The summed E-state index contributed by atoms with van der Waals surface area (Å²) in [5.74, 6) is -0.0464. The topological polar surface area (TPSA) is 75.5 Å². The SMILES string of the molecule is CC(=O)c1cccc(NC(=O)NCc2cn3cc(Br)ccc3n2)c1. The third-order valence-corrected chi connectivity index (χ3v) is 3.89. The summed E-state index contributed by atoms with van der Waals surface area (Å²) in [5.41, 5.74) is 2.68. The van der Waals surface area contributed by atoms with Gasteiger partial charge in [0.05, 0.1) is 12.2 Å². The normalized spacial score (nSPS) is 10.6. The standard InChI is InChI=1S/C17H15BrN4O2/c1-11(23)12-3-2-4-14(7-12)21-17(24)19-8-15-10-22-9-13(18)5-6-16(22)20-15/h2-7,9-10H,8H2,1H3,(H2,19,21,24). The molecule has 0 fully saturated rings. The van der Waals surface area contributed by atoms with Crippen molar-refractivity contribution in [3.8, 4) is 0 Å². The predicted molar refractivity (Wildman–Crippen MR) is 95.2 cm³/mol. The average molecular weight is 387 g/mol. The van der Waals surface area contributed by atoms with Gasteiger partial charge >= 0.3 is 6.03 Å². The van der Waals surface area contributed by atoms with Crippen molar-refractivity contribution in [2.45, 2.75) is 13.5 Å². The molecule has 6 nitrogen and oxygen atoms in total. The summed E-state index contributed by atoms with van der Waals surface area (Å²) in [6.07, 6.45) is 3.76. The van der Waals surface area contributed by atoms with Crippen molar-refractivity contribution < 1.29 is 9.59 Å². The van der Waals surface area contributed by atoms with Crippen LogP contribution in [0.1, 0.15) is 23.0 Å². The smallest absolute Gasteiger partial charge is 0.319 e. The number of carbonyl (C=O) groups is 2. The number of benzene rings is 1. The van der Waals surface area contributed by atoms with Gasteiger partial charge in [0.15, 0.2) is 5.78 Å². The molecule has 0 aliphatic carbocycles. The monoisotopic (exact) mass is 386 g/mol. The molecule has 0 saturated carbocycles. The number of carbonyl (C=O) groups excluding carboxylic acids is 2. The summed E-state index contributed by atoms with van der Waals surface area (Å²) in [4.78, 5) is 27.8. The highest BCUT2D eigenvalue weighted by Gasteiger charge is 2.06. The molecule has 0 aliphatic rings. The fourth-order valence-corrected chi connectivity index (χ4v) is 2.62. The zero-order valence-corrected chi connectivity index (χ0v) is 14.5. The maximum Gasteiger partial charge on any atom is 0.319 e. The number of fused-ring (bicyclic) bond motifs is 1. The first-order valence-electron chi connectivity index (χ1n) is 7.30. The fourth-order valence-electron chi connectivity index (χ4n) is 2.26. The van der Waals surface area contributed by atoms with Gasteiger partial charge in [-0.05, 0) is 47.1 Å². The molecule has 7 heteroatoms. The Kier molecular flexibility index (Phi) is 4.61. The molecule has 0 unspecified atom stereocenters. The summed E-state index contributed by atoms with van der Waals surface area (Å²) in [7, 11) is 0. The Morgan fingerprint density at radius 1 is 1.21 bits per heavy atom. The summed E-state index contributed by atoms with van der Waals surface area (Å²) >= 11 is 3.40. The maximum absolute atomic E-state index is 12.0. The first kappa shape index (κ1) is 16.2. The van der Waals surface area contributed by atoms with Crippen LogP contribution < -0.4 is 10.6 Å². The molecule has 0 atom stereocenters. The number of Topliss-reactive ketones (excluding diaryl/α,β-unsaturated/α-hetero) is 1. The number of ketones is 1. The van der Waals surface area contributed by atoms with Crippen LogP contribution in [-0.2, 0) is 6.54 Å². The summed E-state index contributed by atoms with van der Waals surface area (Å²) in [6.45, 7) is 1.79. The molecule has 0 bridgehead atoms. The molecule has 122 valence electrons. The Morgan fingerprint density at radius 3 is 2.83 bits per heavy atom. The number of urea groups is 1. The van der Waals surface area contributed by atoms with Crippen LogP contribution in [-0.4, -0.2) is 21.2 Å². The molecular weight excluding hydrogens is 372 g/mol. The molecule has 0 spiro atoms. The van der Waals surface area contributed by atoms with Gasteiger partial charge in [0.1, 0.15) is 5.65 Å². The second-order valence-corrected chi connectivity index (χ2v) is 6.21. The van der Waals surface area contributed by atoms with Crippen molar-refractivity contribution in [1.82, 2.24) is 14.7 Å². The number of hydrogen-bond acceptors (Lipinski definition) is 3. The van der Waals surface area contributed by atoms with Crippen molar-refractivity contribution in [2.75, 3.05) is 5.32 Å². The number of amides is 2. The van der Waals surface area contributed by atoms with Crippen LogP contribution in [0.5, 0.6) is 0 Å². The van der Waals surface area contributed by atoms with Gasteiger partial charge in [-0.15, -0.1) is 0 Å². The molecular formula is C17H15BrN4O2. The van der Waals surface area contributed by atoms with Crippen molar-refractivity contribution in [3.63, 3.8) is 0 Å². The van der Waals surface area contributed by atoms with Gasteiger partial charge in [-0.2, -0.15) is 0 Å². The summed E-state index contributed by atoms with van der Waals surface area (Å²) in [6, 6.07) is 10.3. The van der Waals surface area contributed by atoms with E-state index in [1.54, 1.807) is 24.3 Å². The zero-order chi connectivity index (χ0) is 17.1. The number of hydrogen-bond donors (Lipinski definition) is 2. The van der Waals surface area contributed by atoms with Gasteiger partial charge in [-0.1, -0.05) is 12.1 Å². The lowest BCUT2D eigenvalue weighted by Gasteiger charge is -2.07. The van der Waals surface area contributed by atoms with Crippen LogP contribution in [0.15, 0.2) is 53.3 Å². The lowest BCUT2D eigenvalue weighted by Crippen LogP contribution is -2.28. The molecule has 24 heavy (non-hydrogen) atoms. The number of halogens is 1. The maximum atomic E-state index is 12.0. The Hall–Kier alpha value is -2.67. The van der Waals surface area contributed by atoms with Gasteiger partial charge in [0.2, 0.25) is 0 Å². The van der Waals surface area contributed by atoms with E-state index in [0.29, 0.717) is 17.8 Å². The van der Waals surface area contributed by atoms with Crippen LogP contribution in [0.4, 0.5) is 10.5 Å². The van der Waals surface area contributed by atoms with Gasteiger partial charge in [-0.25, -0.2) is 9.78 Å². The lowest BCUT2D eigenvalue weighted by molar-refractivity contribution is 0.101. The third kappa shape index (κ3) is 3.80. The molecule has 0 saturated heterocycles. The molecule has 3 aromatic rings. The number of aromatic nitrogens is 2. The van der Waals surface area contributed by atoms with Crippen LogP contribution >= 0.6 is 15.9 Å². The zero-order valence-electron chi connectivity index (χ0n) is 12.9. The Bertz CT molecular complexity index is 920. The van der Waals surface area contributed by atoms with E-state index < -0.39 is 0 Å². The number of pyridine rings is 1. The summed E-state index contributed by atoms with van der Waals surface area (Å²) in [5, 5.41) is 5.46. The minimum absolute atomic E-state index is 0.0464. The van der Waals surface area contributed by atoms with Crippen molar-refractivity contribution in [1.29, 1.82) is 0 Å². The van der Waals surface area contributed by atoms with E-state index in [9.17, 15) is 9.59 Å². The molecule has 0 radical (unpaired) electrons. The second kappa shape index (κ2) is 6.84. The number of anilines is 1. The Labute approximate surface area is 147 Å². The highest BCUT2D eigenvalue weighted by molar-refractivity contribution is 9.10. The van der Waals surface area contributed by atoms with Crippen molar-refractivity contribution >= 4 is 39.1 Å². The highest BCUT2D eigenvalue weighted by atomic mass is 79.9. The quantitative estimate of drug-likeness (QED) is 0.672. The van der Waals surface area contributed by atoms with Gasteiger partial charge in [0.25, 0.3) is 0 Å². The first-order valence-corrected chi connectivity index (χ1v) is 8.09. The van der Waals surface area contributed by atoms with Gasteiger partial charge in [-0.3, -0.25) is 4.79 Å². The molecule has 0 aliphatic heterocycles. The van der Waals surface area contributed by atoms with E-state index in [-0.39, 0.29) is 11.8 Å². The largest absolute Gasteiger partial charge is 0.332 e. The van der Waals surface area contributed by atoms with Gasteiger partial charge < -0.3 is 15.0 Å². The Morgan fingerprint density at radius 2 is 2.04 bits per heavy atom. The molecule has 3 rings (SSSR count). The van der Waals surface area contributed by atoms with Crippen LogP contribution in [0.25, 0.3) is 5.65 Å². The van der Waals surface area contributed by atoms with E-state index in [0.717, 1.165) is 15.8 Å². The number of nitrogens with one attached hydrogen (secondary N) is 2. The van der Waals surface area contributed by atoms with E-state index in [1.807, 2.05) is 28.9 Å². The fraction of sp³-hybridized carbons (Fsp3) is 0.118. The molecule has 2 N–H and O–H groups in total. The minimum Gasteiger partial charge on any atom is -0.332 e. The molecule has 1 aromatic carbocycles. The van der Waals surface area contributed by atoms with E-state index >= 15 is 0 Å². The van der Waals surface area contributed by atoms with Crippen molar-refractivity contribution in [2.24, 2.45) is 0 Å². The third-order valence-electron chi connectivity index (χ3n) is 3.42. The average Bonchev–Trinajstić information content (AvgIpc) is 2.95. The van der Waals surface area contributed by atoms with Crippen LogP contribution in [0, 0.1) is 0 Å². The second-order valence-electron chi connectivity index (χ2n) is 5.29. The lowest BCUT2D eigenvalue weighted by atomic mass is 10.1. The van der Waals surface area contributed by atoms with Crippen molar-refractivity contribution in [3.05, 3.63) is 64.5 Å². The molecule has 2 aromatic heterocycles. The van der Waals surface area contributed by atoms with Crippen LogP contribution in [0.3, 0.4) is 0 Å². The van der Waals surface area contributed by atoms with Gasteiger partial charge in [0, 0.05) is 28.1 Å². The molecule has 2 amide bonds.